The number of halogens is 1. The number of hydrogen-bond donors (Lipinski definition) is 1. The maximum atomic E-state index is 13.7. The Morgan fingerprint density at radius 1 is 1.21 bits per heavy atom. The van der Waals surface area contributed by atoms with Crippen LogP contribution in [-0.4, -0.2) is 34.5 Å². The molecule has 0 aliphatic heterocycles. The first-order chi connectivity index (χ1) is 11.2. The number of amides is 1. The molecule has 1 N–H and O–H groups in total. The maximum absolute atomic E-state index is 13.7. The number of rotatable bonds is 6. The molecular formula is C18H20FNO4. The van der Waals surface area contributed by atoms with Crippen molar-refractivity contribution in [2.24, 2.45) is 0 Å². The van der Waals surface area contributed by atoms with Crippen LogP contribution in [0.1, 0.15) is 26.0 Å². The second-order valence-corrected chi connectivity index (χ2v) is 6.06. The second-order valence-electron chi connectivity index (χ2n) is 6.06. The lowest BCUT2D eigenvalue weighted by Gasteiger charge is -2.31. The summed E-state index contributed by atoms with van der Waals surface area (Å²) in [5.74, 6) is -0.806. The molecular weight excluding hydrogens is 313 g/mol. The molecule has 0 atom stereocenters. The molecule has 0 radical (unpaired) electrons. The fraction of sp³-hybridized carbons (Fsp3) is 0.333. The molecule has 1 heterocycles. The molecule has 0 bridgehead atoms. The number of aliphatic carboxylic acids is 1. The van der Waals surface area contributed by atoms with Gasteiger partial charge in [-0.15, -0.1) is 0 Å². The normalized spacial score (nSPS) is 11.3. The topological polar surface area (TPSA) is 70.8 Å². The predicted octanol–water partition coefficient (Wildman–Crippen LogP) is 3.34. The van der Waals surface area contributed by atoms with Gasteiger partial charge in [0.05, 0.1) is 5.56 Å². The summed E-state index contributed by atoms with van der Waals surface area (Å²) in [5, 5.41) is 9.15. The number of carbonyl (C=O) groups is 2. The van der Waals surface area contributed by atoms with Crippen LogP contribution in [0.4, 0.5) is 4.39 Å². The van der Waals surface area contributed by atoms with Gasteiger partial charge in [0, 0.05) is 19.9 Å². The van der Waals surface area contributed by atoms with E-state index in [0.717, 1.165) is 0 Å². The van der Waals surface area contributed by atoms with Crippen LogP contribution in [0.3, 0.4) is 0 Å². The molecule has 1 aromatic heterocycles. The van der Waals surface area contributed by atoms with Gasteiger partial charge in [0.15, 0.2) is 0 Å². The third-order valence-electron chi connectivity index (χ3n) is 4.12. The van der Waals surface area contributed by atoms with E-state index in [1.54, 1.807) is 30.3 Å². The quantitative estimate of drug-likeness (QED) is 0.880. The lowest BCUT2D eigenvalue weighted by Crippen LogP contribution is -2.50. The molecule has 1 aromatic carbocycles. The number of nitrogens with zero attached hydrogens (tertiary/aromatic N) is 1. The van der Waals surface area contributed by atoms with Gasteiger partial charge in [0.1, 0.15) is 22.9 Å². The smallest absolute Gasteiger partial charge is 0.329 e. The van der Waals surface area contributed by atoms with Crippen LogP contribution < -0.4 is 0 Å². The molecule has 5 nitrogen and oxygen atoms in total. The Balaban J connectivity index is 2.02. The lowest BCUT2D eigenvalue weighted by atomic mass is 10.0. The number of carbonyl (C=O) groups excluding carboxylic acids is 1. The molecule has 1 amide bonds. The molecule has 0 spiro atoms. The van der Waals surface area contributed by atoms with Crippen molar-refractivity contribution in [2.75, 3.05) is 7.05 Å². The first-order valence-electron chi connectivity index (χ1n) is 7.57. The van der Waals surface area contributed by atoms with Gasteiger partial charge in [-0.1, -0.05) is 12.1 Å². The summed E-state index contributed by atoms with van der Waals surface area (Å²) in [6, 6.07) is 9.63. The van der Waals surface area contributed by atoms with E-state index in [9.17, 15) is 14.0 Å². The average molecular weight is 333 g/mol. The van der Waals surface area contributed by atoms with Crippen molar-refractivity contribution in [2.45, 2.75) is 32.2 Å². The van der Waals surface area contributed by atoms with Crippen LogP contribution in [0.15, 0.2) is 40.8 Å². The third-order valence-corrected chi connectivity index (χ3v) is 4.12. The summed E-state index contributed by atoms with van der Waals surface area (Å²) in [7, 11) is 1.46. The number of hydrogen-bond acceptors (Lipinski definition) is 3. The highest BCUT2D eigenvalue weighted by Gasteiger charge is 2.34. The summed E-state index contributed by atoms with van der Waals surface area (Å²) < 4.78 is 19.3. The van der Waals surface area contributed by atoms with Crippen molar-refractivity contribution in [3.05, 3.63) is 48.0 Å². The minimum atomic E-state index is -1.28. The molecule has 2 aromatic rings. The fourth-order valence-electron chi connectivity index (χ4n) is 2.17. The number of benzene rings is 1. The standard InChI is InChI=1S/C18H20FNO4/c1-18(2,17(22)23)20(3)16(21)11-9-12-8-10-15(24-12)13-6-4-5-7-14(13)19/h4-8,10H,9,11H2,1-3H3,(H,22,23). The van der Waals surface area contributed by atoms with E-state index in [2.05, 4.69) is 0 Å². The number of aryl methyl sites for hydroxylation is 1. The van der Waals surface area contributed by atoms with Gasteiger partial charge in [-0.05, 0) is 38.1 Å². The second kappa shape index (κ2) is 6.86. The largest absolute Gasteiger partial charge is 0.480 e. The minimum absolute atomic E-state index is 0.109. The molecule has 0 aliphatic rings. The highest BCUT2D eigenvalue weighted by atomic mass is 19.1. The summed E-state index contributed by atoms with van der Waals surface area (Å²) in [5.41, 5.74) is -0.919. The van der Waals surface area contributed by atoms with Crippen LogP contribution in [0.25, 0.3) is 11.3 Å². The zero-order valence-corrected chi connectivity index (χ0v) is 13.9. The Morgan fingerprint density at radius 3 is 2.50 bits per heavy atom. The van der Waals surface area contributed by atoms with E-state index in [0.29, 0.717) is 23.5 Å². The zero-order chi connectivity index (χ0) is 17.9. The summed E-state index contributed by atoms with van der Waals surface area (Å²) in [4.78, 5) is 24.5. The van der Waals surface area contributed by atoms with Crippen LogP contribution >= 0.6 is 0 Å². The summed E-state index contributed by atoms with van der Waals surface area (Å²) >= 11 is 0. The monoisotopic (exact) mass is 333 g/mol. The molecule has 0 fully saturated rings. The predicted molar refractivity (Wildman–Crippen MR) is 86.9 cm³/mol. The van der Waals surface area contributed by atoms with Gasteiger partial charge in [-0.2, -0.15) is 0 Å². The first kappa shape index (κ1) is 17.7. The number of carboxylic acids is 1. The van der Waals surface area contributed by atoms with E-state index >= 15 is 0 Å². The molecule has 0 unspecified atom stereocenters. The van der Waals surface area contributed by atoms with E-state index in [1.165, 1.54) is 31.9 Å². The van der Waals surface area contributed by atoms with Crippen LogP contribution in [0.5, 0.6) is 0 Å². The minimum Gasteiger partial charge on any atom is -0.480 e. The molecule has 2 rings (SSSR count). The van der Waals surface area contributed by atoms with E-state index in [-0.39, 0.29) is 18.1 Å². The Labute approximate surface area is 139 Å². The van der Waals surface area contributed by atoms with Crippen molar-refractivity contribution in [3.8, 4) is 11.3 Å². The van der Waals surface area contributed by atoms with E-state index < -0.39 is 11.5 Å². The van der Waals surface area contributed by atoms with Gasteiger partial charge in [0.2, 0.25) is 5.91 Å². The van der Waals surface area contributed by atoms with Gasteiger partial charge in [-0.25, -0.2) is 9.18 Å². The average Bonchev–Trinajstić information content (AvgIpc) is 3.00. The van der Waals surface area contributed by atoms with E-state index in [1.807, 2.05) is 0 Å². The van der Waals surface area contributed by atoms with Gasteiger partial charge in [0.25, 0.3) is 0 Å². The maximum Gasteiger partial charge on any atom is 0.329 e. The van der Waals surface area contributed by atoms with Gasteiger partial charge < -0.3 is 14.4 Å². The van der Waals surface area contributed by atoms with E-state index in [4.69, 9.17) is 9.52 Å². The fourth-order valence-corrected chi connectivity index (χ4v) is 2.17. The summed E-state index contributed by atoms with van der Waals surface area (Å²) in [6.45, 7) is 2.94. The van der Waals surface area contributed by atoms with Crippen molar-refractivity contribution in [1.29, 1.82) is 0 Å². The van der Waals surface area contributed by atoms with Gasteiger partial charge >= 0.3 is 5.97 Å². The SMILES string of the molecule is CN(C(=O)CCc1ccc(-c2ccccc2F)o1)C(C)(C)C(=O)O. The Kier molecular flexibility index (Phi) is 5.07. The number of likely N-dealkylation sites (N-methyl/N-ethyl adjacent to an activating group) is 1. The first-order valence-corrected chi connectivity index (χ1v) is 7.57. The zero-order valence-electron chi connectivity index (χ0n) is 13.9. The molecule has 6 heteroatoms. The van der Waals surface area contributed by atoms with Gasteiger partial charge in [-0.3, -0.25) is 4.79 Å². The molecule has 128 valence electrons. The van der Waals surface area contributed by atoms with Crippen molar-refractivity contribution in [1.82, 2.24) is 4.90 Å². The van der Waals surface area contributed by atoms with Crippen LogP contribution in [0.2, 0.25) is 0 Å². The van der Waals surface area contributed by atoms with Crippen molar-refractivity contribution >= 4 is 11.9 Å². The lowest BCUT2D eigenvalue weighted by molar-refractivity contribution is -0.155. The Morgan fingerprint density at radius 2 is 1.88 bits per heavy atom. The number of furan rings is 1. The summed E-state index contributed by atoms with van der Waals surface area (Å²) in [6.07, 6.45) is 0.421. The molecule has 0 saturated carbocycles. The number of carboxylic acid groups (broad SMARTS) is 1. The van der Waals surface area contributed by atoms with Crippen LogP contribution in [-0.2, 0) is 16.0 Å². The molecule has 24 heavy (non-hydrogen) atoms. The van der Waals surface area contributed by atoms with Crippen molar-refractivity contribution in [3.63, 3.8) is 0 Å². The highest BCUT2D eigenvalue weighted by Crippen LogP contribution is 2.25. The van der Waals surface area contributed by atoms with Crippen molar-refractivity contribution < 1.29 is 23.5 Å². The Hall–Kier alpha value is -2.63. The molecule has 0 aliphatic carbocycles. The van der Waals surface area contributed by atoms with Crippen LogP contribution in [0, 0.1) is 5.82 Å². The molecule has 0 saturated heterocycles. The third kappa shape index (κ3) is 3.64. The highest BCUT2D eigenvalue weighted by molar-refractivity contribution is 5.86. The Bertz CT molecular complexity index is 751.